The Balaban J connectivity index is 0.00000154. The zero-order valence-corrected chi connectivity index (χ0v) is 23.1. The van der Waals surface area contributed by atoms with Gasteiger partial charge in [0.1, 0.15) is 11.7 Å². The molecule has 2 unspecified atom stereocenters. The van der Waals surface area contributed by atoms with Crippen LogP contribution in [-0.4, -0.2) is 17.5 Å². The Labute approximate surface area is 216 Å². The van der Waals surface area contributed by atoms with Crippen molar-refractivity contribution in [2.45, 2.75) is 86.0 Å². The summed E-state index contributed by atoms with van der Waals surface area (Å²) >= 11 is 0. The van der Waals surface area contributed by atoms with Crippen LogP contribution in [0.2, 0.25) is 0 Å². The largest absolute Gasteiger partial charge is 0.383 e. The highest BCUT2D eigenvalue weighted by Gasteiger charge is 2.36. The van der Waals surface area contributed by atoms with Crippen LogP contribution in [0.25, 0.3) is 0 Å². The number of rotatable bonds is 6. The van der Waals surface area contributed by atoms with Gasteiger partial charge in [0.15, 0.2) is 5.78 Å². The molecule has 2 atom stereocenters. The molecule has 0 aromatic heterocycles. The van der Waals surface area contributed by atoms with E-state index in [4.69, 9.17) is 5.73 Å². The van der Waals surface area contributed by atoms with Gasteiger partial charge in [0.25, 0.3) is 5.91 Å². The second kappa shape index (κ2) is 14.5. The van der Waals surface area contributed by atoms with Crippen LogP contribution in [0.4, 0.5) is 4.39 Å². The molecule has 3 rings (SSSR count). The van der Waals surface area contributed by atoms with Gasteiger partial charge in [0, 0.05) is 11.1 Å². The average molecular weight is 495 g/mol. The quantitative estimate of drug-likeness (QED) is 0.192. The number of nitrogens with zero attached hydrogens (tertiary/aromatic N) is 1. The maximum absolute atomic E-state index is 14.2. The van der Waals surface area contributed by atoms with Crippen molar-refractivity contribution in [3.05, 3.63) is 82.7 Å². The van der Waals surface area contributed by atoms with Gasteiger partial charge < -0.3 is 5.73 Å². The third-order valence-corrected chi connectivity index (χ3v) is 6.96. The third-order valence-electron chi connectivity index (χ3n) is 6.96. The van der Waals surface area contributed by atoms with Crippen LogP contribution in [0.15, 0.2) is 54.0 Å². The highest BCUT2D eigenvalue weighted by Crippen LogP contribution is 2.44. The highest BCUT2D eigenvalue weighted by atomic mass is 19.1. The number of aryl methyl sites for hydroxylation is 1. The van der Waals surface area contributed by atoms with Gasteiger partial charge in [-0.1, -0.05) is 80.0 Å². The summed E-state index contributed by atoms with van der Waals surface area (Å²) in [6.45, 7) is 18.1. The lowest BCUT2D eigenvalue weighted by Gasteiger charge is -2.41. The van der Waals surface area contributed by atoms with E-state index in [-0.39, 0.29) is 22.4 Å². The van der Waals surface area contributed by atoms with E-state index in [2.05, 4.69) is 38.4 Å². The van der Waals surface area contributed by atoms with Crippen molar-refractivity contribution in [2.24, 2.45) is 16.6 Å². The van der Waals surface area contributed by atoms with Crippen LogP contribution >= 0.6 is 0 Å². The molecule has 2 aromatic carbocycles. The number of ketones is 1. The second-order valence-corrected chi connectivity index (χ2v) is 8.85. The molecular formula is C31H43FN2O2. The first kappa shape index (κ1) is 31.0. The van der Waals surface area contributed by atoms with Crippen LogP contribution in [0.3, 0.4) is 0 Å². The summed E-state index contributed by atoms with van der Waals surface area (Å²) in [6, 6.07) is 9.68. The molecule has 0 spiro atoms. The molecule has 0 heterocycles. The van der Waals surface area contributed by atoms with E-state index in [1.165, 1.54) is 37.0 Å². The number of aliphatic imine (C=N–C) groups is 1. The summed E-state index contributed by atoms with van der Waals surface area (Å²) in [6.07, 6.45) is 6.72. The number of halogens is 1. The molecule has 5 heteroatoms. The van der Waals surface area contributed by atoms with Gasteiger partial charge in [-0.2, -0.15) is 4.99 Å². The molecule has 4 nitrogen and oxygen atoms in total. The average Bonchev–Trinajstić information content (AvgIpc) is 2.91. The topological polar surface area (TPSA) is 72.5 Å². The van der Waals surface area contributed by atoms with Gasteiger partial charge in [-0.25, -0.2) is 4.39 Å². The van der Waals surface area contributed by atoms with Gasteiger partial charge in [0.2, 0.25) is 0 Å². The fraction of sp³-hybridized carbons (Fsp3) is 0.452. The van der Waals surface area contributed by atoms with E-state index in [1.54, 1.807) is 0 Å². The predicted octanol–water partition coefficient (Wildman–Crippen LogP) is 7.82. The highest BCUT2D eigenvalue weighted by molar-refractivity contribution is 6.10. The molecule has 2 aromatic rings. The minimum Gasteiger partial charge on any atom is -0.383 e. The lowest BCUT2D eigenvalue weighted by atomic mass is 9.63. The van der Waals surface area contributed by atoms with Crippen LogP contribution in [0.1, 0.15) is 112 Å². The van der Waals surface area contributed by atoms with E-state index < -0.39 is 17.5 Å². The lowest BCUT2D eigenvalue weighted by Crippen LogP contribution is -2.34. The number of benzene rings is 2. The molecule has 0 radical (unpaired) electrons. The molecule has 196 valence electrons. The van der Waals surface area contributed by atoms with E-state index in [0.29, 0.717) is 11.5 Å². The Bertz CT molecular complexity index is 1090. The minimum absolute atomic E-state index is 0.0958. The Morgan fingerprint density at radius 1 is 1.11 bits per heavy atom. The summed E-state index contributed by atoms with van der Waals surface area (Å²) in [5.74, 6) is -1.24. The van der Waals surface area contributed by atoms with E-state index >= 15 is 0 Å². The zero-order valence-electron chi connectivity index (χ0n) is 23.1. The molecule has 0 aliphatic heterocycles. The van der Waals surface area contributed by atoms with Gasteiger partial charge in [-0.15, -0.1) is 0 Å². The first-order valence-corrected chi connectivity index (χ1v) is 13.2. The van der Waals surface area contributed by atoms with E-state index in [9.17, 15) is 14.0 Å². The van der Waals surface area contributed by atoms with Crippen molar-refractivity contribution in [1.82, 2.24) is 0 Å². The van der Waals surface area contributed by atoms with Crippen molar-refractivity contribution in [1.29, 1.82) is 0 Å². The molecule has 1 aliphatic rings. The minimum atomic E-state index is -0.731. The molecule has 2 N–H and O–H groups in total. The number of amides is 1. The normalized spacial score (nSPS) is 19.2. The number of nitrogens with two attached hydrogens (primary N) is 1. The van der Waals surface area contributed by atoms with Crippen molar-refractivity contribution in [3.63, 3.8) is 0 Å². The number of hydrogen-bond donors (Lipinski definition) is 1. The summed E-state index contributed by atoms with van der Waals surface area (Å²) in [5, 5.41) is 0. The first-order chi connectivity index (χ1) is 17.2. The first-order valence-electron chi connectivity index (χ1n) is 13.2. The van der Waals surface area contributed by atoms with Crippen LogP contribution in [-0.2, 0) is 11.8 Å². The Morgan fingerprint density at radius 2 is 1.75 bits per heavy atom. The summed E-state index contributed by atoms with van der Waals surface area (Å²) < 4.78 is 14.2. The fourth-order valence-corrected chi connectivity index (χ4v) is 4.71. The molecular weight excluding hydrogens is 451 g/mol. The maximum Gasteiger partial charge on any atom is 0.278 e. The van der Waals surface area contributed by atoms with Crippen molar-refractivity contribution >= 4 is 17.5 Å². The Kier molecular flexibility index (Phi) is 12.4. The maximum atomic E-state index is 14.2. The molecule has 1 amide bonds. The summed E-state index contributed by atoms with van der Waals surface area (Å²) in [5.41, 5.74) is 9.14. The molecule has 0 saturated heterocycles. The zero-order chi connectivity index (χ0) is 27.5. The van der Waals surface area contributed by atoms with Crippen molar-refractivity contribution < 1.29 is 14.0 Å². The van der Waals surface area contributed by atoms with Gasteiger partial charge >= 0.3 is 0 Å². The number of carbonyl (C=O) groups excluding carboxylic acids is 2. The standard InChI is InChI=1S/C27H31FN2O2.2C2H6/c1-5-18-15-20(11-13-22(18)27(4)14-8-7-9-17(27)3)26(32)30-25(29)19-10-12-21(23(28)16-19)24(31)6-2;2*1-2/h6,10-13,15-17H,2,5,7-9,14H2,1,3-4H3,(H2,29,30,32);2*1-2H3. The van der Waals surface area contributed by atoms with Crippen LogP contribution in [0.5, 0.6) is 0 Å². The van der Waals surface area contributed by atoms with Crippen molar-refractivity contribution in [2.75, 3.05) is 0 Å². The number of allylic oxidation sites excluding steroid dienone is 1. The summed E-state index contributed by atoms with van der Waals surface area (Å²) in [7, 11) is 0. The van der Waals surface area contributed by atoms with Crippen LogP contribution < -0.4 is 5.73 Å². The van der Waals surface area contributed by atoms with Gasteiger partial charge in [0.05, 0.1) is 5.56 Å². The fourth-order valence-electron chi connectivity index (χ4n) is 4.71. The lowest BCUT2D eigenvalue weighted by molar-refractivity contribution is 0.100. The van der Waals surface area contributed by atoms with E-state index in [0.717, 1.165) is 30.5 Å². The van der Waals surface area contributed by atoms with Crippen molar-refractivity contribution in [3.8, 4) is 0 Å². The Hall–Kier alpha value is -3.08. The van der Waals surface area contributed by atoms with Crippen LogP contribution in [0, 0.1) is 11.7 Å². The monoisotopic (exact) mass is 494 g/mol. The van der Waals surface area contributed by atoms with Gasteiger partial charge in [-0.3, -0.25) is 9.59 Å². The number of carbonyl (C=O) groups is 2. The molecule has 0 bridgehead atoms. The van der Waals surface area contributed by atoms with E-state index in [1.807, 2.05) is 39.8 Å². The van der Waals surface area contributed by atoms with Gasteiger partial charge in [-0.05, 0) is 72.1 Å². The molecule has 1 saturated carbocycles. The summed E-state index contributed by atoms with van der Waals surface area (Å²) in [4.78, 5) is 28.4. The molecule has 36 heavy (non-hydrogen) atoms. The second-order valence-electron chi connectivity index (χ2n) is 8.85. The smallest absolute Gasteiger partial charge is 0.278 e. The number of amidine groups is 1. The predicted molar refractivity (Wildman–Crippen MR) is 149 cm³/mol. The molecule has 1 aliphatic carbocycles. The number of hydrogen-bond acceptors (Lipinski definition) is 2. The Morgan fingerprint density at radius 3 is 2.31 bits per heavy atom. The molecule has 1 fully saturated rings. The SMILES string of the molecule is C=CC(=O)c1ccc(C(N)=NC(=O)c2ccc(C3(C)CCCCC3C)c(CC)c2)cc1F.CC.CC. The third kappa shape index (κ3) is 6.99.